The van der Waals surface area contributed by atoms with Crippen LogP contribution in [0.3, 0.4) is 0 Å². The fourth-order valence-corrected chi connectivity index (χ4v) is 3.13. The predicted octanol–water partition coefficient (Wildman–Crippen LogP) is 3.98. The Morgan fingerprint density at radius 2 is 1.70 bits per heavy atom. The number of halogens is 1. The molecule has 0 bridgehead atoms. The van der Waals surface area contributed by atoms with Gasteiger partial charge in [0.05, 0.1) is 37.2 Å². The number of nitrogen functional groups attached to an aromatic ring is 1. The number of nitrogens with zero attached hydrogens (tertiary/aromatic N) is 1. The van der Waals surface area contributed by atoms with Crippen molar-refractivity contribution in [2.75, 3.05) is 46.1 Å². The first-order valence-electron chi connectivity index (χ1n) is 8.11. The lowest BCUT2D eigenvalue weighted by Gasteiger charge is -2.16. The second kappa shape index (κ2) is 8.81. The fourth-order valence-electron chi connectivity index (χ4n) is 2.65. The van der Waals surface area contributed by atoms with Gasteiger partial charge in [-0.2, -0.15) is 0 Å². The number of nitrogens with two attached hydrogens (primary N) is 1. The lowest BCUT2D eigenvalue weighted by atomic mass is 10.1. The van der Waals surface area contributed by atoms with E-state index >= 15 is 0 Å². The highest BCUT2D eigenvalue weighted by Crippen LogP contribution is 2.41. The minimum absolute atomic E-state index is 0.171. The van der Waals surface area contributed by atoms with Crippen molar-refractivity contribution in [1.82, 2.24) is 0 Å². The number of carbonyl (C=O) groups excluding carboxylic acids is 1. The summed E-state index contributed by atoms with van der Waals surface area (Å²) >= 11 is 3.38. The summed E-state index contributed by atoms with van der Waals surface area (Å²) in [5.74, 6) is 1.31. The molecule has 0 spiro atoms. The summed E-state index contributed by atoms with van der Waals surface area (Å²) in [6, 6.07) is 8.73. The number of methoxy groups -OCH3 is 3. The number of hydrogen-bond donors (Lipinski definition) is 1. The van der Waals surface area contributed by atoms with Gasteiger partial charge in [0.25, 0.3) is 0 Å². The summed E-state index contributed by atoms with van der Waals surface area (Å²) in [5, 5.41) is 0. The average molecular weight is 435 g/mol. The lowest BCUT2D eigenvalue weighted by Crippen LogP contribution is -2.12. The van der Waals surface area contributed by atoms with Crippen molar-refractivity contribution in [3.63, 3.8) is 0 Å². The molecule has 0 atom stereocenters. The van der Waals surface area contributed by atoms with Gasteiger partial charge in [-0.1, -0.05) is 0 Å². The highest BCUT2D eigenvalue weighted by molar-refractivity contribution is 9.12. The molecule has 0 aliphatic heterocycles. The molecule has 2 rings (SSSR count). The van der Waals surface area contributed by atoms with Crippen molar-refractivity contribution < 1.29 is 19.0 Å². The van der Waals surface area contributed by atoms with Gasteiger partial charge in [-0.25, -0.2) is 0 Å². The van der Waals surface area contributed by atoms with Gasteiger partial charge in [-0.05, 0) is 52.3 Å². The molecule has 27 heavy (non-hydrogen) atoms. The van der Waals surface area contributed by atoms with Crippen LogP contribution in [0.2, 0.25) is 0 Å². The quantitative estimate of drug-likeness (QED) is 0.403. The summed E-state index contributed by atoms with van der Waals surface area (Å²) in [7, 11) is 8.37. The molecule has 0 amide bonds. The van der Waals surface area contributed by atoms with E-state index in [0.717, 1.165) is 5.69 Å². The van der Waals surface area contributed by atoms with Crippen LogP contribution in [-0.2, 0) is 0 Å². The maximum absolute atomic E-state index is 12.8. The van der Waals surface area contributed by atoms with Crippen molar-refractivity contribution in [3.05, 3.63) is 45.9 Å². The Hall–Kier alpha value is -2.67. The molecule has 0 fully saturated rings. The third kappa shape index (κ3) is 4.36. The second-order valence-electron chi connectivity index (χ2n) is 5.91. The number of rotatable bonds is 7. The van der Waals surface area contributed by atoms with Crippen LogP contribution >= 0.6 is 15.9 Å². The number of ketones is 1. The molecule has 2 aromatic carbocycles. The molecule has 6 nitrogen and oxygen atoms in total. The Bertz CT molecular complexity index is 879. The van der Waals surface area contributed by atoms with Gasteiger partial charge in [-0.15, -0.1) is 0 Å². The normalized spacial score (nSPS) is 11.1. The molecule has 0 heterocycles. The van der Waals surface area contributed by atoms with E-state index in [4.69, 9.17) is 19.9 Å². The zero-order valence-corrected chi connectivity index (χ0v) is 17.6. The van der Waals surface area contributed by atoms with Gasteiger partial charge in [0, 0.05) is 25.2 Å². The van der Waals surface area contributed by atoms with Gasteiger partial charge in [0.15, 0.2) is 17.3 Å². The van der Waals surface area contributed by atoms with Gasteiger partial charge in [-0.3, -0.25) is 4.79 Å². The Morgan fingerprint density at radius 3 is 2.26 bits per heavy atom. The van der Waals surface area contributed by atoms with E-state index in [2.05, 4.69) is 15.9 Å². The van der Waals surface area contributed by atoms with Crippen molar-refractivity contribution in [2.45, 2.75) is 0 Å². The van der Waals surface area contributed by atoms with E-state index in [1.165, 1.54) is 14.2 Å². The van der Waals surface area contributed by atoms with E-state index in [-0.39, 0.29) is 5.78 Å². The maximum Gasteiger partial charge on any atom is 0.203 e. The van der Waals surface area contributed by atoms with Crippen LogP contribution in [0.1, 0.15) is 15.9 Å². The molecular weight excluding hydrogens is 412 g/mol. The average Bonchev–Trinajstić information content (AvgIpc) is 2.66. The molecule has 0 radical (unpaired) electrons. The van der Waals surface area contributed by atoms with Crippen LogP contribution < -0.4 is 24.8 Å². The van der Waals surface area contributed by atoms with Gasteiger partial charge in [0.2, 0.25) is 5.75 Å². The lowest BCUT2D eigenvalue weighted by molar-refractivity contribution is 0.104. The van der Waals surface area contributed by atoms with Crippen molar-refractivity contribution in [1.29, 1.82) is 0 Å². The summed E-state index contributed by atoms with van der Waals surface area (Å²) in [4.78, 5) is 14.7. The largest absolute Gasteiger partial charge is 0.493 e. The monoisotopic (exact) mass is 434 g/mol. The van der Waals surface area contributed by atoms with Crippen molar-refractivity contribution >= 4 is 39.2 Å². The standard InChI is InChI=1S/C20H23BrN2O4/c1-23(2)16-11-12(6-8-15(16)22)18(24)14(21)10-13-7-9-17(25-3)20(27-5)19(13)26-4/h6-11H,22H2,1-5H3. The molecule has 7 heteroatoms. The fraction of sp³-hybridized carbons (Fsp3) is 0.250. The number of carbonyl (C=O) groups is 1. The third-order valence-electron chi connectivity index (χ3n) is 4.01. The molecule has 0 saturated carbocycles. The molecule has 0 unspecified atom stereocenters. The second-order valence-corrected chi connectivity index (χ2v) is 6.77. The number of Topliss-reactive ketones (excluding diaryl/α,β-unsaturated/α-hetero) is 1. The number of ether oxygens (including phenoxy) is 3. The minimum atomic E-state index is -0.171. The number of anilines is 2. The first-order valence-corrected chi connectivity index (χ1v) is 8.91. The zero-order valence-electron chi connectivity index (χ0n) is 16.0. The van der Waals surface area contributed by atoms with Gasteiger partial charge >= 0.3 is 0 Å². The minimum Gasteiger partial charge on any atom is -0.493 e. The first-order chi connectivity index (χ1) is 12.8. The summed E-state index contributed by atoms with van der Waals surface area (Å²) in [6.07, 6.45) is 1.69. The van der Waals surface area contributed by atoms with Crippen LogP contribution in [-0.4, -0.2) is 41.2 Å². The molecule has 0 aliphatic carbocycles. The highest BCUT2D eigenvalue weighted by atomic mass is 79.9. The van der Waals surface area contributed by atoms with Crippen LogP contribution in [0.25, 0.3) is 6.08 Å². The highest BCUT2D eigenvalue weighted by Gasteiger charge is 2.17. The summed E-state index contributed by atoms with van der Waals surface area (Å²) in [5.41, 5.74) is 8.56. The Kier molecular flexibility index (Phi) is 6.74. The summed E-state index contributed by atoms with van der Waals surface area (Å²) < 4.78 is 16.5. The number of hydrogen-bond acceptors (Lipinski definition) is 6. The topological polar surface area (TPSA) is 74.0 Å². The van der Waals surface area contributed by atoms with E-state index in [1.807, 2.05) is 19.0 Å². The van der Waals surface area contributed by atoms with Gasteiger partial charge < -0.3 is 24.8 Å². The Balaban J connectivity index is 2.46. The van der Waals surface area contributed by atoms with Crippen LogP contribution in [0.5, 0.6) is 17.2 Å². The molecule has 144 valence electrons. The van der Waals surface area contributed by atoms with E-state index < -0.39 is 0 Å². The Labute approximate surface area is 167 Å². The van der Waals surface area contributed by atoms with Gasteiger partial charge in [0.1, 0.15) is 0 Å². The smallest absolute Gasteiger partial charge is 0.203 e. The van der Waals surface area contributed by atoms with E-state index in [0.29, 0.717) is 38.5 Å². The van der Waals surface area contributed by atoms with Crippen LogP contribution in [0.4, 0.5) is 11.4 Å². The van der Waals surface area contributed by atoms with Crippen molar-refractivity contribution in [2.24, 2.45) is 0 Å². The maximum atomic E-state index is 12.8. The SMILES string of the molecule is COc1ccc(C=C(Br)C(=O)c2ccc(N)c(N(C)C)c2)c(OC)c1OC. The summed E-state index contributed by atoms with van der Waals surface area (Å²) in [6.45, 7) is 0. The molecule has 0 aromatic heterocycles. The third-order valence-corrected chi connectivity index (χ3v) is 4.60. The van der Waals surface area contributed by atoms with Crippen LogP contribution in [0.15, 0.2) is 34.8 Å². The predicted molar refractivity (Wildman–Crippen MR) is 113 cm³/mol. The number of benzene rings is 2. The zero-order chi connectivity index (χ0) is 20.1. The van der Waals surface area contributed by atoms with Crippen LogP contribution in [0, 0.1) is 0 Å². The van der Waals surface area contributed by atoms with E-state index in [9.17, 15) is 4.79 Å². The first kappa shape index (κ1) is 20.6. The molecule has 2 aromatic rings. The molecule has 2 N–H and O–H groups in total. The van der Waals surface area contributed by atoms with Crippen molar-refractivity contribution in [3.8, 4) is 17.2 Å². The van der Waals surface area contributed by atoms with E-state index in [1.54, 1.807) is 43.5 Å². The molecular formula is C20H23BrN2O4. The molecule has 0 saturated heterocycles. The Morgan fingerprint density at radius 1 is 1.04 bits per heavy atom. The molecule has 0 aliphatic rings. The number of allylic oxidation sites excluding steroid dienone is 1.